The van der Waals surface area contributed by atoms with Gasteiger partial charge in [-0.2, -0.15) is 0 Å². The fourth-order valence-electron chi connectivity index (χ4n) is 3.73. The maximum absolute atomic E-state index is 12.3. The Morgan fingerprint density at radius 2 is 1.83 bits per heavy atom. The molecule has 1 saturated heterocycles. The zero-order chi connectivity index (χ0) is 20.2. The van der Waals surface area contributed by atoms with Gasteiger partial charge in [0.1, 0.15) is 11.8 Å². The molecule has 0 bridgehead atoms. The molecule has 1 fully saturated rings. The number of nitrogens with one attached hydrogen (secondary N) is 1. The van der Waals surface area contributed by atoms with Crippen LogP contribution in [0.25, 0.3) is 11.2 Å². The van der Waals surface area contributed by atoms with Gasteiger partial charge in [-0.15, -0.1) is 0 Å². The van der Waals surface area contributed by atoms with E-state index in [9.17, 15) is 4.79 Å². The first kappa shape index (κ1) is 19.1. The number of hydrogen-bond donors (Lipinski definition) is 3. The van der Waals surface area contributed by atoms with Crippen LogP contribution in [0, 0.1) is 0 Å². The molecule has 5 N–H and O–H groups in total. The van der Waals surface area contributed by atoms with E-state index in [-0.39, 0.29) is 11.9 Å². The number of rotatable bonds is 6. The van der Waals surface area contributed by atoms with Gasteiger partial charge in [0.05, 0.1) is 6.33 Å². The van der Waals surface area contributed by atoms with Crippen molar-refractivity contribution in [2.45, 2.75) is 31.8 Å². The van der Waals surface area contributed by atoms with Crippen molar-refractivity contribution in [2.24, 2.45) is 0 Å². The van der Waals surface area contributed by atoms with Crippen molar-refractivity contribution in [3.63, 3.8) is 0 Å². The standard InChI is InChI=1S/C20H26N8O/c21-15-4-2-14(3-5-15)20(29)26-16-6-10-27(11-7-16)8-1-9-28-13-25-17-18(22)23-12-24-19(17)28/h2-5,12-13,16H,1,6-11,21H2,(H,26,29)(H2,22,23,24). The monoisotopic (exact) mass is 394 g/mol. The topological polar surface area (TPSA) is 128 Å². The van der Waals surface area contributed by atoms with Crippen LogP contribution in [0.15, 0.2) is 36.9 Å². The molecule has 1 aromatic carbocycles. The molecule has 152 valence electrons. The van der Waals surface area contributed by atoms with Gasteiger partial charge >= 0.3 is 0 Å². The van der Waals surface area contributed by atoms with E-state index >= 15 is 0 Å². The third-order valence-electron chi connectivity index (χ3n) is 5.40. The second-order valence-electron chi connectivity index (χ2n) is 7.43. The molecule has 4 rings (SSSR count). The highest BCUT2D eigenvalue weighted by Gasteiger charge is 2.21. The van der Waals surface area contributed by atoms with Crippen LogP contribution in [0.1, 0.15) is 29.6 Å². The summed E-state index contributed by atoms with van der Waals surface area (Å²) in [6, 6.07) is 7.24. The number of nitrogens with two attached hydrogens (primary N) is 2. The number of hydrogen-bond acceptors (Lipinski definition) is 7. The third-order valence-corrected chi connectivity index (χ3v) is 5.40. The van der Waals surface area contributed by atoms with Gasteiger partial charge in [-0.25, -0.2) is 15.0 Å². The molecular formula is C20H26N8O. The van der Waals surface area contributed by atoms with Gasteiger partial charge in [0.25, 0.3) is 5.91 Å². The van der Waals surface area contributed by atoms with E-state index in [0.717, 1.165) is 51.1 Å². The number of nitrogen functional groups attached to an aromatic ring is 2. The van der Waals surface area contributed by atoms with E-state index in [4.69, 9.17) is 11.5 Å². The zero-order valence-corrected chi connectivity index (χ0v) is 16.3. The number of amides is 1. The van der Waals surface area contributed by atoms with Crippen molar-refractivity contribution in [3.8, 4) is 0 Å². The fourth-order valence-corrected chi connectivity index (χ4v) is 3.73. The summed E-state index contributed by atoms with van der Waals surface area (Å²) >= 11 is 0. The van der Waals surface area contributed by atoms with Crippen LogP contribution in [-0.4, -0.2) is 56.0 Å². The Hall–Kier alpha value is -3.20. The van der Waals surface area contributed by atoms with Crippen molar-refractivity contribution in [1.82, 2.24) is 29.7 Å². The van der Waals surface area contributed by atoms with Crippen LogP contribution < -0.4 is 16.8 Å². The number of carbonyl (C=O) groups is 1. The van der Waals surface area contributed by atoms with Crippen molar-refractivity contribution < 1.29 is 4.79 Å². The number of likely N-dealkylation sites (tertiary alicyclic amines) is 1. The lowest BCUT2D eigenvalue weighted by Gasteiger charge is -2.32. The predicted molar refractivity (Wildman–Crippen MR) is 112 cm³/mol. The third kappa shape index (κ3) is 4.45. The minimum Gasteiger partial charge on any atom is -0.399 e. The molecule has 3 heterocycles. The van der Waals surface area contributed by atoms with Crippen molar-refractivity contribution in [1.29, 1.82) is 0 Å². The lowest BCUT2D eigenvalue weighted by atomic mass is 10.0. The average molecular weight is 394 g/mol. The number of nitrogens with zero attached hydrogens (tertiary/aromatic N) is 5. The highest BCUT2D eigenvalue weighted by Crippen LogP contribution is 2.16. The number of benzene rings is 1. The van der Waals surface area contributed by atoms with Crippen LogP contribution in [0.5, 0.6) is 0 Å². The van der Waals surface area contributed by atoms with Gasteiger partial charge in [0.15, 0.2) is 11.5 Å². The normalized spacial score (nSPS) is 15.6. The molecule has 1 aliphatic rings. The first-order valence-electron chi connectivity index (χ1n) is 9.90. The van der Waals surface area contributed by atoms with Gasteiger partial charge in [-0.05, 0) is 50.1 Å². The summed E-state index contributed by atoms with van der Waals surface area (Å²) in [7, 11) is 0. The summed E-state index contributed by atoms with van der Waals surface area (Å²) in [6.45, 7) is 3.79. The minimum atomic E-state index is -0.0308. The molecule has 0 radical (unpaired) electrons. The molecule has 29 heavy (non-hydrogen) atoms. The molecule has 1 aliphatic heterocycles. The van der Waals surface area contributed by atoms with E-state index in [1.165, 1.54) is 6.33 Å². The van der Waals surface area contributed by atoms with Crippen molar-refractivity contribution in [2.75, 3.05) is 31.1 Å². The van der Waals surface area contributed by atoms with Crippen LogP contribution in [0.3, 0.4) is 0 Å². The summed E-state index contributed by atoms with van der Waals surface area (Å²) in [6.07, 6.45) is 6.16. The Morgan fingerprint density at radius 1 is 1.07 bits per heavy atom. The smallest absolute Gasteiger partial charge is 0.251 e. The number of piperidine rings is 1. The summed E-state index contributed by atoms with van der Waals surface area (Å²) in [5.41, 5.74) is 14.3. The van der Waals surface area contributed by atoms with Gasteiger partial charge in [0, 0.05) is 36.9 Å². The Morgan fingerprint density at radius 3 is 2.59 bits per heavy atom. The molecule has 1 amide bonds. The second kappa shape index (κ2) is 8.44. The molecule has 2 aromatic heterocycles. The lowest BCUT2D eigenvalue weighted by Crippen LogP contribution is -2.44. The molecule has 0 aliphatic carbocycles. The van der Waals surface area contributed by atoms with Crippen molar-refractivity contribution in [3.05, 3.63) is 42.5 Å². The van der Waals surface area contributed by atoms with Crippen LogP contribution in [0.2, 0.25) is 0 Å². The molecule has 9 nitrogen and oxygen atoms in total. The number of anilines is 2. The quantitative estimate of drug-likeness (QED) is 0.537. The maximum atomic E-state index is 12.3. The highest BCUT2D eigenvalue weighted by atomic mass is 16.1. The molecule has 9 heteroatoms. The predicted octanol–water partition coefficient (Wildman–Crippen LogP) is 1.28. The second-order valence-corrected chi connectivity index (χ2v) is 7.43. The molecule has 0 unspecified atom stereocenters. The van der Waals surface area contributed by atoms with E-state index in [2.05, 4.69) is 25.2 Å². The number of aryl methyl sites for hydroxylation is 1. The van der Waals surface area contributed by atoms with Crippen LogP contribution in [-0.2, 0) is 6.54 Å². The minimum absolute atomic E-state index is 0.0308. The molecule has 0 saturated carbocycles. The largest absolute Gasteiger partial charge is 0.399 e. The summed E-state index contributed by atoms with van der Waals surface area (Å²) in [4.78, 5) is 27.3. The molecular weight excluding hydrogens is 368 g/mol. The zero-order valence-electron chi connectivity index (χ0n) is 16.3. The summed E-state index contributed by atoms with van der Waals surface area (Å²) in [5, 5.41) is 3.13. The number of imidazole rings is 1. The van der Waals surface area contributed by atoms with E-state index < -0.39 is 0 Å². The Balaban J connectivity index is 1.21. The van der Waals surface area contributed by atoms with Crippen LogP contribution in [0.4, 0.5) is 11.5 Å². The summed E-state index contributed by atoms with van der Waals surface area (Å²) in [5.74, 6) is 0.383. The van der Waals surface area contributed by atoms with E-state index in [1.54, 1.807) is 30.6 Å². The van der Waals surface area contributed by atoms with Gasteiger partial charge in [-0.3, -0.25) is 4.79 Å². The Bertz CT molecular complexity index is 976. The first-order chi connectivity index (χ1) is 14.1. The highest BCUT2D eigenvalue weighted by molar-refractivity contribution is 5.94. The number of carbonyl (C=O) groups excluding carboxylic acids is 1. The average Bonchev–Trinajstić information content (AvgIpc) is 3.14. The lowest BCUT2D eigenvalue weighted by molar-refractivity contribution is 0.0910. The first-order valence-corrected chi connectivity index (χ1v) is 9.90. The van der Waals surface area contributed by atoms with Gasteiger partial charge in [0.2, 0.25) is 0 Å². The molecule has 0 atom stereocenters. The Labute approximate surface area is 169 Å². The fraction of sp³-hybridized carbons (Fsp3) is 0.400. The maximum Gasteiger partial charge on any atom is 0.251 e. The Kier molecular flexibility index (Phi) is 5.57. The number of aromatic nitrogens is 4. The number of fused-ring (bicyclic) bond motifs is 1. The molecule has 3 aromatic rings. The van der Waals surface area contributed by atoms with Crippen LogP contribution >= 0.6 is 0 Å². The van der Waals surface area contributed by atoms with Crippen molar-refractivity contribution >= 4 is 28.6 Å². The SMILES string of the molecule is Nc1ccc(C(=O)NC2CCN(CCCn3cnc4c(N)ncnc43)CC2)cc1. The van der Waals surface area contributed by atoms with Gasteiger partial charge in [-0.1, -0.05) is 0 Å². The van der Waals surface area contributed by atoms with Gasteiger partial charge < -0.3 is 26.3 Å². The van der Waals surface area contributed by atoms with E-state index in [0.29, 0.717) is 22.6 Å². The van der Waals surface area contributed by atoms with E-state index in [1.807, 2.05) is 4.57 Å². The molecule has 0 spiro atoms. The summed E-state index contributed by atoms with van der Waals surface area (Å²) < 4.78 is 2.02.